The number of carbonyl (C=O) groups is 1. The number of tetrazole rings is 1. The minimum Gasteiger partial charge on any atom is -0.398 e. The maximum absolute atomic E-state index is 12.3. The summed E-state index contributed by atoms with van der Waals surface area (Å²) in [6.07, 6.45) is 1.46. The molecule has 1 aromatic heterocycles. The second-order valence-corrected chi connectivity index (χ2v) is 4.31. The highest BCUT2D eigenvalue weighted by molar-refractivity contribution is 6.08. The van der Waals surface area contributed by atoms with Crippen molar-refractivity contribution < 1.29 is 4.79 Å². The van der Waals surface area contributed by atoms with Gasteiger partial charge in [-0.1, -0.05) is 24.3 Å². The summed E-state index contributed by atoms with van der Waals surface area (Å²) in [5.74, 6) is -0.284. The van der Waals surface area contributed by atoms with E-state index in [1.165, 1.54) is 11.0 Å². The Kier molecular flexibility index (Phi) is 3.30. The summed E-state index contributed by atoms with van der Waals surface area (Å²) in [6, 6.07) is 14.1. The number of hydrogen-bond acceptors (Lipinski definition) is 5. The number of anilines is 2. The van der Waals surface area contributed by atoms with Gasteiger partial charge in [-0.2, -0.15) is 4.68 Å². The van der Waals surface area contributed by atoms with Crippen molar-refractivity contribution in [3.63, 3.8) is 0 Å². The van der Waals surface area contributed by atoms with Crippen LogP contribution in [-0.4, -0.2) is 26.1 Å². The first kappa shape index (κ1) is 12.8. The zero-order chi connectivity index (χ0) is 14.7. The summed E-state index contributed by atoms with van der Waals surface area (Å²) in [7, 11) is 0. The van der Waals surface area contributed by atoms with Crippen molar-refractivity contribution in [3.05, 3.63) is 60.4 Å². The molecule has 0 fully saturated rings. The fraction of sp³-hybridized carbons (Fsp3) is 0. The quantitative estimate of drug-likeness (QED) is 0.708. The van der Waals surface area contributed by atoms with Crippen molar-refractivity contribution in [2.45, 2.75) is 0 Å². The van der Waals surface area contributed by atoms with Crippen molar-refractivity contribution in [2.75, 3.05) is 11.1 Å². The number of nitrogens with zero attached hydrogens (tertiary/aromatic N) is 4. The van der Waals surface area contributed by atoms with Gasteiger partial charge in [-0.05, 0) is 34.7 Å². The van der Waals surface area contributed by atoms with Crippen molar-refractivity contribution in [1.82, 2.24) is 20.2 Å². The average molecular weight is 280 g/mol. The monoisotopic (exact) mass is 280 g/mol. The van der Waals surface area contributed by atoms with Crippen molar-refractivity contribution in [3.8, 4) is 5.69 Å². The van der Waals surface area contributed by atoms with E-state index in [-0.39, 0.29) is 5.91 Å². The molecule has 0 bridgehead atoms. The van der Waals surface area contributed by atoms with E-state index < -0.39 is 0 Å². The molecule has 2 aromatic carbocycles. The van der Waals surface area contributed by atoms with E-state index in [4.69, 9.17) is 5.73 Å². The first-order chi connectivity index (χ1) is 10.3. The third-order valence-corrected chi connectivity index (χ3v) is 2.95. The zero-order valence-electron chi connectivity index (χ0n) is 11.0. The van der Waals surface area contributed by atoms with E-state index in [0.717, 1.165) is 0 Å². The van der Waals surface area contributed by atoms with E-state index in [1.807, 2.05) is 12.1 Å². The summed E-state index contributed by atoms with van der Waals surface area (Å²) in [5.41, 5.74) is 7.92. The lowest BCUT2D eigenvalue weighted by molar-refractivity contribution is 0.102. The predicted octanol–water partition coefficient (Wildman–Crippen LogP) is 1.50. The lowest BCUT2D eigenvalue weighted by atomic mass is 10.1. The minimum atomic E-state index is -0.284. The third kappa shape index (κ3) is 2.57. The molecule has 7 heteroatoms. The Balaban J connectivity index is 1.93. The standard InChI is InChI=1S/C14H12N6O/c15-11-6-2-1-5-10(11)14(21)17-12-7-3-4-8-13(12)20-9-16-18-19-20/h1-9H,15H2,(H,17,21). The van der Waals surface area contributed by atoms with Gasteiger partial charge in [0.25, 0.3) is 5.91 Å². The number of nitrogens with one attached hydrogen (secondary N) is 1. The molecular formula is C14H12N6O. The first-order valence-corrected chi connectivity index (χ1v) is 6.24. The number of nitrogen functional groups attached to an aromatic ring is 1. The second kappa shape index (κ2) is 5.41. The Morgan fingerprint density at radius 2 is 1.86 bits per heavy atom. The van der Waals surface area contributed by atoms with Gasteiger partial charge < -0.3 is 11.1 Å². The van der Waals surface area contributed by atoms with Crippen molar-refractivity contribution in [1.29, 1.82) is 0 Å². The highest BCUT2D eigenvalue weighted by Crippen LogP contribution is 2.20. The van der Waals surface area contributed by atoms with Gasteiger partial charge in [-0.15, -0.1) is 5.10 Å². The Bertz CT molecular complexity index is 769. The number of para-hydroxylation sites is 3. The molecule has 0 atom stereocenters. The highest BCUT2D eigenvalue weighted by Gasteiger charge is 2.12. The van der Waals surface area contributed by atoms with E-state index in [0.29, 0.717) is 22.6 Å². The Hall–Kier alpha value is -3.22. The molecule has 0 radical (unpaired) electrons. The molecule has 21 heavy (non-hydrogen) atoms. The topological polar surface area (TPSA) is 98.7 Å². The average Bonchev–Trinajstić information content (AvgIpc) is 3.02. The summed E-state index contributed by atoms with van der Waals surface area (Å²) in [5, 5.41) is 13.8. The van der Waals surface area contributed by atoms with Gasteiger partial charge in [0.05, 0.1) is 16.9 Å². The summed E-state index contributed by atoms with van der Waals surface area (Å²) >= 11 is 0. The first-order valence-electron chi connectivity index (χ1n) is 6.24. The van der Waals surface area contributed by atoms with Crippen LogP contribution in [0.5, 0.6) is 0 Å². The lowest BCUT2D eigenvalue weighted by Crippen LogP contribution is -2.15. The zero-order valence-corrected chi connectivity index (χ0v) is 11.0. The fourth-order valence-corrected chi connectivity index (χ4v) is 1.94. The minimum absolute atomic E-state index is 0.284. The third-order valence-electron chi connectivity index (χ3n) is 2.95. The van der Waals surface area contributed by atoms with Gasteiger partial charge in [-0.25, -0.2) is 0 Å². The summed E-state index contributed by atoms with van der Waals surface area (Å²) < 4.78 is 1.48. The Morgan fingerprint density at radius 3 is 2.62 bits per heavy atom. The number of amides is 1. The maximum atomic E-state index is 12.3. The van der Waals surface area contributed by atoms with Crippen LogP contribution in [0.3, 0.4) is 0 Å². The van der Waals surface area contributed by atoms with Gasteiger partial charge in [-0.3, -0.25) is 4.79 Å². The van der Waals surface area contributed by atoms with Crippen LogP contribution in [-0.2, 0) is 0 Å². The fourth-order valence-electron chi connectivity index (χ4n) is 1.94. The van der Waals surface area contributed by atoms with Crippen LogP contribution in [0.1, 0.15) is 10.4 Å². The van der Waals surface area contributed by atoms with Crippen LogP contribution < -0.4 is 11.1 Å². The number of aromatic nitrogens is 4. The summed E-state index contributed by atoms with van der Waals surface area (Å²) in [4.78, 5) is 12.3. The molecule has 0 unspecified atom stereocenters. The molecule has 104 valence electrons. The smallest absolute Gasteiger partial charge is 0.257 e. The maximum Gasteiger partial charge on any atom is 0.257 e. The summed E-state index contributed by atoms with van der Waals surface area (Å²) in [6.45, 7) is 0. The molecule has 7 nitrogen and oxygen atoms in total. The number of benzene rings is 2. The van der Waals surface area contributed by atoms with E-state index in [1.54, 1.807) is 36.4 Å². The van der Waals surface area contributed by atoms with Gasteiger partial charge >= 0.3 is 0 Å². The normalized spacial score (nSPS) is 10.3. The van der Waals surface area contributed by atoms with Crippen LogP contribution in [0.25, 0.3) is 5.69 Å². The second-order valence-electron chi connectivity index (χ2n) is 4.31. The van der Waals surface area contributed by atoms with Gasteiger partial charge in [0, 0.05) is 5.69 Å². The van der Waals surface area contributed by atoms with E-state index >= 15 is 0 Å². The number of carbonyl (C=O) groups excluding carboxylic acids is 1. The van der Waals surface area contributed by atoms with E-state index in [9.17, 15) is 4.79 Å². The number of rotatable bonds is 3. The molecule has 0 saturated carbocycles. The molecular weight excluding hydrogens is 268 g/mol. The molecule has 3 N–H and O–H groups in total. The van der Waals surface area contributed by atoms with Crippen molar-refractivity contribution in [2.24, 2.45) is 0 Å². The lowest BCUT2D eigenvalue weighted by Gasteiger charge is -2.11. The van der Waals surface area contributed by atoms with Crippen LogP contribution in [0.2, 0.25) is 0 Å². The molecule has 0 aliphatic rings. The highest BCUT2D eigenvalue weighted by atomic mass is 16.1. The van der Waals surface area contributed by atoms with E-state index in [2.05, 4.69) is 20.8 Å². The van der Waals surface area contributed by atoms with Gasteiger partial charge in [0.15, 0.2) is 0 Å². The molecule has 3 aromatic rings. The SMILES string of the molecule is Nc1ccccc1C(=O)Nc1ccccc1-n1cnnn1. The number of nitrogens with two attached hydrogens (primary N) is 1. The van der Waals surface area contributed by atoms with Crippen LogP contribution in [0.15, 0.2) is 54.9 Å². The van der Waals surface area contributed by atoms with Crippen LogP contribution in [0.4, 0.5) is 11.4 Å². The molecule has 0 aliphatic carbocycles. The van der Waals surface area contributed by atoms with Gasteiger partial charge in [0.2, 0.25) is 0 Å². The molecule has 0 saturated heterocycles. The largest absolute Gasteiger partial charge is 0.398 e. The molecule has 0 spiro atoms. The molecule has 1 heterocycles. The van der Waals surface area contributed by atoms with Gasteiger partial charge in [0.1, 0.15) is 6.33 Å². The molecule has 1 amide bonds. The Morgan fingerprint density at radius 1 is 1.10 bits per heavy atom. The predicted molar refractivity (Wildman–Crippen MR) is 78.0 cm³/mol. The Labute approximate surface area is 120 Å². The molecule has 3 rings (SSSR count). The van der Waals surface area contributed by atoms with Crippen LogP contribution >= 0.6 is 0 Å². The van der Waals surface area contributed by atoms with Crippen molar-refractivity contribution >= 4 is 17.3 Å². The van der Waals surface area contributed by atoms with Crippen LogP contribution in [0, 0.1) is 0 Å². The molecule has 0 aliphatic heterocycles. The number of hydrogen-bond donors (Lipinski definition) is 2.